The van der Waals surface area contributed by atoms with Crippen LogP contribution in [0, 0.1) is 5.82 Å². The number of amides is 1. The third-order valence-electron chi connectivity index (χ3n) is 4.12. The van der Waals surface area contributed by atoms with E-state index in [0.29, 0.717) is 5.56 Å². The number of likely N-dealkylation sites (N-methyl/N-ethyl adjacent to an activating group) is 1. The van der Waals surface area contributed by atoms with Crippen LogP contribution in [0.25, 0.3) is 0 Å². The fourth-order valence-electron chi connectivity index (χ4n) is 2.55. The molecule has 1 saturated carbocycles. The number of carbonyl (C=O) groups excluding carboxylic acids is 1. The molecule has 1 heterocycles. The standard InChI is InChI=1S/C17H19FN2O3S2/c1-19(25(22,23)17-7-4-10-24-17)12-16(21)20(14-8-9-14)11-13-5-2-3-6-15(13)18/h2-7,10,14H,8-9,11-12H2,1H3. The van der Waals surface area contributed by atoms with Gasteiger partial charge in [-0.15, -0.1) is 11.3 Å². The molecule has 0 saturated heterocycles. The van der Waals surface area contributed by atoms with Gasteiger partial charge in [0.1, 0.15) is 10.0 Å². The molecule has 3 rings (SSSR count). The van der Waals surface area contributed by atoms with Crippen molar-refractivity contribution in [2.24, 2.45) is 0 Å². The van der Waals surface area contributed by atoms with Gasteiger partial charge in [-0.3, -0.25) is 4.79 Å². The molecule has 8 heteroatoms. The van der Waals surface area contributed by atoms with Crippen molar-refractivity contribution in [3.8, 4) is 0 Å². The third kappa shape index (κ3) is 4.08. The SMILES string of the molecule is CN(CC(=O)N(Cc1ccccc1F)C1CC1)S(=O)(=O)c1cccs1. The normalized spacial score (nSPS) is 14.7. The predicted octanol–water partition coefficient (Wildman–Crippen LogP) is 2.70. The Kier molecular flexibility index (Phi) is 5.21. The molecular weight excluding hydrogens is 363 g/mol. The van der Waals surface area contributed by atoms with Crippen LogP contribution in [0.5, 0.6) is 0 Å². The molecule has 1 aromatic carbocycles. The first-order valence-electron chi connectivity index (χ1n) is 7.92. The summed E-state index contributed by atoms with van der Waals surface area (Å²) < 4.78 is 40.1. The zero-order valence-corrected chi connectivity index (χ0v) is 15.4. The van der Waals surface area contributed by atoms with Crippen LogP contribution < -0.4 is 0 Å². The molecule has 1 amide bonds. The van der Waals surface area contributed by atoms with Crippen molar-refractivity contribution in [2.75, 3.05) is 13.6 Å². The number of benzene rings is 1. The van der Waals surface area contributed by atoms with Gasteiger partial charge in [0.15, 0.2) is 0 Å². The smallest absolute Gasteiger partial charge is 0.252 e. The fourth-order valence-corrected chi connectivity index (χ4v) is 4.87. The van der Waals surface area contributed by atoms with Crippen molar-refractivity contribution in [1.29, 1.82) is 0 Å². The molecule has 134 valence electrons. The van der Waals surface area contributed by atoms with Crippen molar-refractivity contribution in [3.05, 3.63) is 53.2 Å². The predicted molar refractivity (Wildman–Crippen MR) is 94.1 cm³/mol. The Morgan fingerprint density at radius 3 is 2.56 bits per heavy atom. The van der Waals surface area contributed by atoms with Gasteiger partial charge in [0.2, 0.25) is 5.91 Å². The van der Waals surface area contributed by atoms with Crippen molar-refractivity contribution in [3.63, 3.8) is 0 Å². The lowest BCUT2D eigenvalue weighted by Crippen LogP contribution is -2.41. The van der Waals surface area contributed by atoms with Crippen LogP contribution in [0.15, 0.2) is 46.0 Å². The van der Waals surface area contributed by atoms with Gasteiger partial charge in [-0.25, -0.2) is 12.8 Å². The second-order valence-electron chi connectivity index (χ2n) is 6.04. The van der Waals surface area contributed by atoms with Crippen LogP contribution in [0.2, 0.25) is 0 Å². The van der Waals surface area contributed by atoms with E-state index in [0.717, 1.165) is 28.5 Å². The second-order valence-corrected chi connectivity index (χ2v) is 9.26. The molecule has 0 radical (unpaired) electrons. The van der Waals surface area contributed by atoms with Gasteiger partial charge < -0.3 is 4.90 Å². The highest BCUT2D eigenvalue weighted by Crippen LogP contribution is 2.29. The molecule has 0 unspecified atom stereocenters. The van der Waals surface area contributed by atoms with E-state index >= 15 is 0 Å². The maximum atomic E-state index is 13.9. The number of hydrogen-bond acceptors (Lipinski definition) is 4. The Balaban J connectivity index is 1.72. The van der Waals surface area contributed by atoms with E-state index in [1.54, 1.807) is 34.5 Å². The lowest BCUT2D eigenvalue weighted by Gasteiger charge is -2.25. The van der Waals surface area contributed by atoms with Crippen LogP contribution >= 0.6 is 11.3 Å². The average Bonchev–Trinajstić information content (AvgIpc) is 3.25. The summed E-state index contributed by atoms with van der Waals surface area (Å²) in [5.74, 6) is -0.672. The number of thiophene rings is 1. The van der Waals surface area contributed by atoms with E-state index in [2.05, 4.69) is 0 Å². The summed E-state index contributed by atoms with van der Waals surface area (Å²) in [5, 5.41) is 1.68. The van der Waals surface area contributed by atoms with Gasteiger partial charge in [-0.2, -0.15) is 4.31 Å². The van der Waals surface area contributed by atoms with E-state index in [4.69, 9.17) is 0 Å². The molecule has 0 N–H and O–H groups in total. The number of sulfonamides is 1. The Bertz CT molecular complexity index is 849. The van der Waals surface area contributed by atoms with Crippen LogP contribution in [0.3, 0.4) is 0 Å². The fraction of sp³-hybridized carbons (Fsp3) is 0.353. The number of carbonyl (C=O) groups is 1. The molecular formula is C17H19FN2O3S2. The Morgan fingerprint density at radius 2 is 1.96 bits per heavy atom. The first-order valence-corrected chi connectivity index (χ1v) is 10.2. The molecule has 5 nitrogen and oxygen atoms in total. The zero-order valence-electron chi connectivity index (χ0n) is 13.8. The molecule has 1 aromatic heterocycles. The molecule has 25 heavy (non-hydrogen) atoms. The number of rotatable bonds is 7. The minimum absolute atomic E-state index is 0.0601. The van der Waals surface area contributed by atoms with Crippen LogP contribution in [0.1, 0.15) is 18.4 Å². The lowest BCUT2D eigenvalue weighted by molar-refractivity contribution is -0.132. The second kappa shape index (κ2) is 7.23. The van der Waals surface area contributed by atoms with Gasteiger partial charge in [0.25, 0.3) is 10.0 Å². The summed E-state index contributed by atoms with van der Waals surface area (Å²) in [5.41, 5.74) is 0.437. The summed E-state index contributed by atoms with van der Waals surface area (Å²) in [6.45, 7) is -0.103. The van der Waals surface area contributed by atoms with E-state index in [1.165, 1.54) is 19.2 Å². The maximum absolute atomic E-state index is 13.9. The molecule has 0 spiro atoms. The number of halogens is 1. The highest BCUT2D eigenvalue weighted by Gasteiger charge is 2.35. The van der Waals surface area contributed by atoms with Crippen LogP contribution in [-0.4, -0.2) is 43.2 Å². The van der Waals surface area contributed by atoms with Crippen molar-refractivity contribution in [1.82, 2.24) is 9.21 Å². The van der Waals surface area contributed by atoms with E-state index in [9.17, 15) is 17.6 Å². The summed E-state index contributed by atoms with van der Waals surface area (Å²) in [4.78, 5) is 14.2. The van der Waals surface area contributed by atoms with E-state index in [1.807, 2.05) is 0 Å². The quantitative estimate of drug-likeness (QED) is 0.740. The Labute approximate surface area is 150 Å². The van der Waals surface area contributed by atoms with Gasteiger partial charge >= 0.3 is 0 Å². The average molecular weight is 382 g/mol. The zero-order chi connectivity index (χ0) is 18.0. The largest absolute Gasteiger partial charge is 0.334 e. The minimum Gasteiger partial charge on any atom is -0.334 e. The summed E-state index contributed by atoms with van der Waals surface area (Å²) in [6, 6.07) is 9.55. The van der Waals surface area contributed by atoms with Gasteiger partial charge in [0, 0.05) is 25.2 Å². The van der Waals surface area contributed by atoms with Crippen molar-refractivity contribution in [2.45, 2.75) is 29.6 Å². The monoisotopic (exact) mass is 382 g/mol. The van der Waals surface area contributed by atoms with Crippen LogP contribution in [-0.2, 0) is 21.4 Å². The first kappa shape index (κ1) is 18.0. The molecule has 0 atom stereocenters. The molecule has 2 aromatic rings. The maximum Gasteiger partial charge on any atom is 0.252 e. The number of hydrogen-bond donors (Lipinski definition) is 0. The summed E-state index contributed by atoms with van der Waals surface area (Å²) >= 11 is 1.11. The topological polar surface area (TPSA) is 57.7 Å². The molecule has 1 fully saturated rings. The third-order valence-corrected chi connectivity index (χ3v) is 7.30. The highest BCUT2D eigenvalue weighted by molar-refractivity contribution is 7.91. The Hall–Kier alpha value is -1.77. The summed E-state index contributed by atoms with van der Waals surface area (Å²) in [7, 11) is -2.29. The van der Waals surface area contributed by atoms with Gasteiger partial charge in [-0.1, -0.05) is 24.3 Å². The van der Waals surface area contributed by atoms with Crippen molar-refractivity contribution < 1.29 is 17.6 Å². The Morgan fingerprint density at radius 1 is 1.24 bits per heavy atom. The molecule has 1 aliphatic rings. The van der Waals surface area contributed by atoms with Gasteiger partial charge in [-0.05, 0) is 30.4 Å². The first-order chi connectivity index (χ1) is 11.9. The van der Waals surface area contributed by atoms with Crippen molar-refractivity contribution >= 4 is 27.3 Å². The highest BCUT2D eigenvalue weighted by atomic mass is 32.2. The lowest BCUT2D eigenvalue weighted by atomic mass is 10.2. The molecule has 0 aliphatic heterocycles. The van der Waals surface area contributed by atoms with Gasteiger partial charge in [0.05, 0.1) is 6.54 Å². The molecule has 0 bridgehead atoms. The van der Waals surface area contributed by atoms with E-state index < -0.39 is 10.0 Å². The summed E-state index contributed by atoms with van der Waals surface area (Å²) in [6.07, 6.45) is 1.73. The molecule has 1 aliphatic carbocycles. The van der Waals surface area contributed by atoms with E-state index in [-0.39, 0.29) is 35.1 Å². The van der Waals surface area contributed by atoms with Crippen LogP contribution in [0.4, 0.5) is 4.39 Å². The number of nitrogens with zero attached hydrogens (tertiary/aromatic N) is 2. The minimum atomic E-state index is -3.68.